The molecule has 0 saturated carbocycles. The van der Waals surface area contributed by atoms with E-state index in [1.54, 1.807) is 0 Å². The fraction of sp³-hybridized carbons (Fsp3) is 0.320. The average Bonchev–Trinajstić information content (AvgIpc) is 3.27. The SMILES string of the molecule is C=C/C=C(\C=C/C)C(C(/C=C\C)=C/CC(C)(C)C(/C=C1\C(=C)C(C)(C)c2cc(Cc3ccc(N(C)C)cc3)ccc21)=C(C)C)c1ccc(C)cc1. The van der Waals surface area contributed by atoms with Crippen molar-refractivity contribution in [3.63, 3.8) is 0 Å². The molecule has 0 radical (unpaired) electrons. The largest absolute Gasteiger partial charge is 0.378 e. The summed E-state index contributed by atoms with van der Waals surface area (Å²) in [6.07, 6.45) is 19.6. The Morgan fingerprint density at radius 3 is 2.04 bits per heavy atom. The van der Waals surface area contributed by atoms with Gasteiger partial charge in [-0.15, -0.1) is 0 Å². The molecular weight excluding hydrogens is 615 g/mol. The van der Waals surface area contributed by atoms with Crippen LogP contribution in [0.2, 0.25) is 0 Å². The minimum absolute atomic E-state index is 0.0997. The highest BCUT2D eigenvalue weighted by Gasteiger charge is 2.38. The van der Waals surface area contributed by atoms with Crippen molar-refractivity contribution < 1.29 is 0 Å². The zero-order chi connectivity index (χ0) is 37.5. The number of allylic oxidation sites excluding steroid dienone is 14. The lowest BCUT2D eigenvalue weighted by Gasteiger charge is -2.29. The average molecular weight is 676 g/mol. The van der Waals surface area contributed by atoms with Crippen LogP contribution in [0.1, 0.15) is 101 Å². The Morgan fingerprint density at radius 2 is 1.47 bits per heavy atom. The monoisotopic (exact) mass is 675 g/mol. The van der Waals surface area contributed by atoms with Crippen LogP contribution in [0.3, 0.4) is 0 Å². The van der Waals surface area contributed by atoms with Crippen molar-refractivity contribution in [2.45, 2.75) is 86.5 Å². The summed E-state index contributed by atoms with van der Waals surface area (Å²) in [5.74, 6) is 0.0997. The fourth-order valence-electron chi connectivity index (χ4n) is 7.46. The smallest absolute Gasteiger partial charge is 0.0361 e. The summed E-state index contributed by atoms with van der Waals surface area (Å²) >= 11 is 0. The molecule has 0 heterocycles. The first-order valence-corrected chi connectivity index (χ1v) is 18.5. The Kier molecular flexibility index (Phi) is 12.7. The quantitative estimate of drug-likeness (QED) is 0.163. The lowest BCUT2D eigenvalue weighted by molar-refractivity contribution is 0.459. The molecule has 0 N–H and O–H groups in total. The van der Waals surface area contributed by atoms with Gasteiger partial charge in [0.05, 0.1) is 0 Å². The van der Waals surface area contributed by atoms with E-state index in [9.17, 15) is 0 Å². The molecule has 1 heteroatoms. The van der Waals surface area contributed by atoms with E-state index in [0.29, 0.717) is 0 Å². The summed E-state index contributed by atoms with van der Waals surface area (Å²) in [7, 11) is 4.17. The number of anilines is 1. The third kappa shape index (κ3) is 9.01. The Morgan fingerprint density at radius 1 is 0.863 bits per heavy atom. The van der Waals surface area contributed by atoms with Crippen LogP contribution in [0, 0.1) is 12.3 Å². The van der Waals surface area contributed by atoms with Gasteiger partial charge >= 0.3 is 0 Å². The maximum Gasteiger partial charge on any atom is 0.0361 e. The molecule has 1 nitrogen and oxygen atoms in total. The number of hydrogen-bond acceptors (Lipinski definition) is 1. The zero-order valence-corrected chi connectivity index (χ0v) is 33.3. The Hall–Kier alpha value is -4.62. The van der Waals surface area contributed by atoms with E-state index in [-0.39, 0.29) is 16.7 Å². The Labute approximate surface area is 310 Å². The van der Waals surface area contributed by atoms with E-state index in [1.807, 2.05) is 6.08 Å². The second kappa shape index (κ2) is 16.6. The van der Waals surface area contributed by atoms with Crippen molar-refractivity contribution >= 4 is 11.3 Å². The number of rotatable bonds is 13. The maximum atomic E-state index is 4.72. The highest BCUT2D eigenvalue weighted by Crippen LogP contribution is 2.51. The first-order chi connectivity index (χ1) is 24.1. The van der Waals surface area contributed by atoms with E-state index in [1.165, 1.54) is 72.5 Å². The summed E-state index contributed by atoms with van der Waals surface area (Å²) in [4.78, 5) is 2.14. The van der Waals surface area contributed by atoms with Gasteiger partial charge in [0.1, 0.15) is 0 Å². The summed E-state index contributed by atoms with van der Waals surface area (Å²) in [6, 6.07) is 24.9. The molecule has 1 aliphatic rings. The van der Waals surface area contributed by atoms with Crippen LogP contribution in [0.15, 0.2) is 156 Å². The van der Waals surface area contributed by atoms with Crippen LogP contribution in [0.5, 0.6) is 0 Å². The van der Waals surface area contributed by atoms with Gasteiger partial charge in [-0.1, -0.05) is 155 Å². The van der Waals surface area contributed by atoms with Crippen LogP contribution in [0.4, 0.5) is 5.69 Å². The van der Waals surface area contributed by atoms with E-state index < -0.39 is 0 Å². The number of nitrogens with zero attached hydrogens (tertiary/aromatic N) is 1. The fourth-order valence-corrected chi connectivity index (χ4v) is 7.46. The number of fused-ring (bicyclic) bond motifs is 1. The molecule has 4 rings (SSSR count). The summed E-state index contributed by atoms with van der Waals surface area (Å²) in [6.45, 7) is 29.0. The highest BCUT2D eigenvalue weighted by molar-refractivity contribution is 5.90. The Balaban J connectivity index is 1.74. The third-order valence-electron chi connectivity index (χ3n) is 10.5. The van der Waals surface area contributed by atoms with Gasteiger partial charge in [-0.25, -0.2) is 0 Å². The van der Waals surface area contributed by atoms with E-state index in [4.69, 9.17) is 6.58 Å². The molecule has 0 bridgehead atoms. The molecule has 51 heavy (non-hydrogen) atoms. The molecule has 1 atom stereocenters. The topological polar surface area (TPSA) is 3.24 Å². The van der Waals surface area contributed by atoms with Gasteiger partial charge in [-0.3, -0.25) is 0 Å². The highest BCUT2D eigenvalue weighted by atomic mass is 15.1. The minimum Gasteiger partial charge on any atom is -0.378 e. The van der Waals surface area contributed by atoms with Crippen molar-refractivity contribution in [2.24, 2.45) is 5.41 Å². The predicted octanol–water partition coefficient (Wildman–Crippen LogP) is 13.6. The number of hydrogen-bond donors (Lipinski definition) is 0. The zero-order valence-electron chi connectivity index (χ0n) is 33.3. The minimum atomic E-state index is -0.149. The molecule has 3 aromatic carbocycles. The van der Waals surface area contributed by atoms with E-state index in [0.717, 1.165) is 12.8 Å². The van der Waals surface area contributed by atoms with Gasteiger partial charge in [0.2, 0.25) is 0 Å². The van der Waals surface area contributed by atoms with Crippen LogP contribution in [0.25, 0.3) is 5.57 Å². The molecule has 1 aliphatic carbocycles. The second-order valence-corrected chi connectivity index (χ2v) is 15.7. The van der Waals surface area contributed by atoms with Crippen LogP contribution < -0.4 is 4.90 Å². The molecule has 0 saturated heterocycles. The van der Waals surface area contributed by atoms with Crippen molar-refractivity contribution in [2.75, 3.05) is 19.0 Å². The molecule has 266 valence electrons. The van der Waals surface area contributed by atoms with Crippen molar-refractivity contribution in [3.8, 4) is 0 Å². The molecule has 0 aliphatic heterocycles. The molecule has 0 aromatic heterocycles. The number of benzene rings is 3. The van der Waals surface area contributed by atoms with Crippen LogP contribution in [-0.4, -0.2) is 14.1 Å². The van der Waals surface area contributed by atoms with E-state index >= 15 is 0 Å². The van der Waals surface area contributed by atoms with Crippen molar-refractivity contribution in [1.82, 2.24) is 0 Å². The van der Waals surface area contributed by atoms with Gasteiger partial charge in [0, 0.05) is 31.1 Å². The maximum absolute atomic E-state index is 4.72. The lowest BCUT2D eigenvalue weighted by Crippen LogP contribution is -2.16. The van der Waals surface area contributed by atoms with Gasteiger partial charge < -0.3 is 4.90 Å². The predicted molar refractivity (Wildman–Crippen MR) is 227 cm³/mol. The summed E-state index contributed by atoms with van der Waals surface area (Å²) in [5.41, 5.74) is 16.5. The molecule has 0 spiro atoms. The molecule has 0 amide bonds. The van der Waals surface area contributed by atoms with E-state index in [2.05, 4.69) is 197 Å². The normalized spacial score (nSPS) is 16.2. The molecule has 3 aromatic rings. The molecule has 0 fully saturated rings. The van der Waals surface area contributed by atoms with Gasteiger partial charge in [0.15, 0.2) is 0 Å². The van der Waals surface area contributed by atoms with Gasteiger partial charge in [-0.2, -0.15) is 0 Å². The number of aryl methyl sites for hydroxylation is 1. The second-order valence-electron chi connectivity index (χ2n) is 15.7. The van der Waals surface area contributed by atoms with Gasteiger partial charge in [-0.05, 0) is 121 Å². The lowest BCUT2D eigenvalue weighted by atomic mass is 9.75. The molecular formula is C50H61N. The molecule has 1 unspecified atom stereocenters. The Bertz CT molecular complexity index is 1900. The summed E-state index contributed by atoms with van der Waals surface area (Å²) < 4.78 is 0. The van der Waals surface area contributed by atoms with Crippen molar-refractivity contribution in [1.29, 1.82) is 0 Å². The van der Waals surface area contributed by atoms with Crippen LogP contribution >= 0.6 is 0 Å². The van der Waals surface area contributed by atoms with Crippen molar-refractivity contribution in [3.05, 3.63) is 190 Å². The standard InChI is InChI=1S/C50H61N/c1-14-17-40(18-15-2)48(42-25-20-36(6)21-26-42)41(19-16-3)30-31-49(8,9)46(35(4)5)34-45-37(7)50(10,11)47-33-39(24-29-44(45)47)32-38-22-27-43(28-23-38)51(12)13/h14-30,33-34,48H,1,7,31-32H2,2-6,8-13H3/b18-15-,19-16-,40-17+,41-30+,45-34+. The van der Waals surface area contributed by atoms with Gasteiger partial charge in [0.25, 0.3) is 0 Å². The summed E-state index contributed by atoms with van der Waals surface area (Å²) in [5, 5.41) is 0. The first kappa shape index (κ1) is 39.2. The first-order valence-electron chi connectivity index (χ1n) is 18.5. The van der Waals surface area contributed by atoms with Crippen LogP contribution in [-0.2, 0) is 11.8 Å². The third-order valence-corrected chi connectivity index (χ3v) is 10.5.